The molecule has 0 saturated heterocycles. The van der Waals surface area contributed by atoms with Gasteiger partial charge in [-0.1, -0.05) is 12.0 Å². The van der Waals surface area contributed by atoms with Crippen LogP contribution in [0.1, 0.15) is 18.0 Å². The van der Waals surface area contributed by atoms with Crippen LogP contribution < -0.4 is 0 Å². The third kappa shape index (κ3) is 1.46. The van der Waals surface area contributed by atoms with Crippen LogP contribution >= 0.6 is 11.3 Å². The van der Waals surface area contributed by atoms with Gasteiger partial charge in [-0.25, -0.2) is 4.98 Å². The van der Waals surface area contributed by atoms with Gasteiger partial charge in [0, 0.05) is 16.5 Å². The molecule has 0 aliphatic rings. The fourth-order valence-corrected chi connectivity index (χ4v) is 1.19. The lowest BCUT2D eigenvalue weighted by molar-refractivity contribution is 0.797. The van der Waals surface area contributed by atoms with Gasteiger partial charge in [-0.3, -0.25) is 0 Å². The molecule has 1 atom stereocenters. The zero-order valence-corrected chi connectivity index (χ0v) is 6.25. The molecule has 0 amide bonds. The second kappa shape index (κ2) is 3.20. The predicted molar refractivity (Wildman–Crippen MR) is 39.7 cm³/mol. The third-order valence-corrected chi connectivity index (χ3v) is 1.98. The molecule has 4 nitrogen and oxygen atoms in total. The molecule has 0 radical (unpaired) electrons. The van der Waals surface area contributed by atoms with E-state index < -0.39 is 0 Å². The Morgan fingerprint density at radius 1 is 1.90 bits per heavy atom. The number of hydrogen-bond donors (Lipinski definition) is 0. The Morgan fingerprint density at radius 2 is 2.70 bits per heavy atom. The average Bonchev–Trinajstić information content (AvgIpc) is 2.38. The first kappa shape index (κ1) is 7.05. The maximum absolute atomic E-state index is 8.07. The van der Waals surface area contributed by atoms with E-state index in [1.54, 1.807) is 6.20 Å². The minimum Gasteiger partial charge on any atom is -0.249 e. The van der Waals surface area contributed by atoms with E-state index in [9.17, 15) is 0 Å². The van der Waals surface area contributed by atoms with Crippen LogP contribution in [0.25, 0.3) is 10.4 Å². The molecule has 1 rings (SSSR count). The summed E-state index contributed by atoms with van der Waals surface area (Å²) >= 11 is 1.49. The summed E-state index contributed by atoms with van der Waals surface area (Å²) in [5, 5.41) is 6.21. The van der Waals surface area contributed by atoms with Crippen molar-refractivity contribution in [2.45, 2.75) is 13.0 Å². The van der Waals surface area contributed by atoms with Crippen molar-refractivity contribution in [3.05, 3.63) is 27.0 Å². The Morgan fingerprint density at radius 3 is 3.20 bits per heavy atom. The largest absolute Gasteiger partial charge is 0.249 e. The minimum absolute atomic E-state index is 0.134. The van der Waals surface area contributed by atoms with E-state index >= 15 is 0 Å². The summed E-state index contributed by atoms with van der Waals surface area (Å²) in [5.74, 6) is 0. The summed E-state index contributed by atoms with van der Waals surface area (Å²) in [6.45, 7) is 1.82. The average molecular weight is 154 g/mol. The number of thiazole rings is 1. The molecule has 0 spiro atoms. The first-order valence-corrected chi connectivity index (χ1v) is 3.66. The Kier molecular flexibility index (Phi) is 2.25. The Labute approximate surface area is 62.2 Å². The van der Waals surface area contributed by atoms with Crippen molar-refractivity contribution in [1.82, 2.24) is 4.98 Å². The molecule has 0 bridgehead atoms. The van der Waals surface area contributed by atoms with Gasteiger partial charge in [0.25, 0.3) is 0 Å². The smallest absolute Gasteiger partial charge is 0.101 e. The molecule has 10 heavy (non-hydrogen) atoms. The molecule has 0 aromatic carbocycles. The monoisotopic (exact) mass is 154 g/mol. The molecule has 0 unspecified atom stereocenters. The van der Waals surface area contributed by atoms with Crippen LogP contribution in [0.4, 0.5) is 0 Å². The van der Waals surface area contributed by atoms with Gasteiger partial charge in [-0.05, 0) is 5.53 Å². The number of aromatic nitrogens is 1. The van der Waals surface area contributed by atoms with Gasteiger partial charge in [0.1, 0.15) is 5.01 Å². The molecule has 5 heteroatoms. The Hall–Kier alpha value is -1.06. The van der Waals surface area contributed by atoms with E-state index in [-0.39, 0.29) is 6.04 Å². The molecule has 0 saturated carbocycles. The lowest BCUT2D eigenvalue weighted by Gasteiger charge is -1.94. The number of nitrogens with zero attached hydrogens (tertiary/aromatic N) is 4. The summed E-state index contributed by atoms with van der Waals surface area (Å²) < 4.78 is 0. The topological polar surface area (TPSA) is 61.7 Å². The van der Waals surface area contributed by atoms with Gasteiger partial charge in [0.05, 0.1) is 6.04 Å². The van der Waals surface area contributed by atoms with Crippen LogP contribution in [-0.4, -0.2) is 4.98 Å². The second-order valence-corrected chi connectivity index (χ2v) is 2.68. The summed E-state index contributed by atoms with van der Waals surface area (Å²) in [7, 11) is 0. The molecule has 0 aliphatic carbocycles. The molecule has 52 valence electrons. The maximum atomic E-state index is 8.07. The molecule has 0 fully saturated rings. The van der Waals surface area contributed by atoms with E-state index in [1.165, 1.54) is 11.3 Å². The third-order valence-electron chi connectivity index (χ3n) is 1.03. The zero-order valence-electron chi connectivity index (χ0n) is 5.43. The summed E-state index contributed by atoms with van der Waals surface area (Å²) in [6, 6.07) is -0.134. The highest BCUT2D eigenvalue weighted by Gasteiger charge is 2.03. The summed E-state index contributed by atoms with van der Waals surface area (Å²) in [5.41, 5.74) is 8.07. The van der Waals surface area contributed by atoms with Crippen LogP contribution in [0.5, 0.6) is 0 Å². The fraction of sp³-hybridized carbons (Fsp3) is 0.400. The predicted octanol–water partition coefficient (Wildman–Crippen LogP) is 2.51. The van der Waals surface area contributed by atoms with Crippen molar-refractivity contribution in [2.75, 3.05) is 0 Å². The van der Waals surface area contributed by atoms with Crippen molar-refractivity contribution in [3.63, 3.8) is 0 Å². The SMILES string of the molecule is C[C@@H](N=[N+]=[N-])c1nccs1. The van der Waals surface area contributed by atoms with Crippen LogP contribution in [0.3, 0.4) is 0 Å². The van der Waals surface area contributed by atoms with Crippen LogP contribution in [0.15, 0.2) is 16.7 Å². The van der Waals surface area contributed by atoms with Crippen LogP contribution in [0.2, 0.25) is 0 Å². The summed E-state index contributed by atoms with van der Waals surface area (Å²) in [6.07, 6.45) is 1.70. The van der Waals surface area contributed by atoms with E-state index in [1.807, 2.05) is 12.3 Å². The second-order valence-electron chi connectivity index (χ2n) is 1.75. The van der Waals surface area contributed by atoms with Crippen molar-refractivity contribution < 1.29 is 0 Å². The number of azide groups is 1. The molecule has 1 aromatic rings. The first-order valence-electron chi connectivity index (χ1n) is 2.78. The Bertz CT molecular complexity index is 236. The lowest BCUT2D eigenvalue weighted by Crippen LogP contribution is -1.84. The zero-order chi connectivity index (χ0) is 7.40. The quantitative estimate of drug-likeness (QED) is 0.366. The van der Waals surface area contributed by atoms with Crippen molar-refractivity contribution in [2.24, 2.45) is 5.11 Å². The maximum Gasteiger partial charge on any atom is 0.101 e. The minimum atomic E-state index is -0.134. The van der Waals surface area contributed by atoms with Crippen molar-refractivity contribution in [1.29, 1.82) is 0 Å². The summed E-state index contributed by atoms with van der Waals surface area (Å²) in [4.78, 5) is 6.67. The fourth-order valence-electron chi connectivity index (χ4n) is 0.568. The van der Waals surface area contributed by atoms with Crippen molar-refractivity contribution >= 4 is 11.3 Å². The highest BCUT2D eigenvalue weighted by Crippen LogP contribution is 2.18. The van der Waals surface area contributed by atoms with Gasteiger partial charge in [0.2, 0.25) is 0 Å². The first-order chi connectivity index (χ1) is 4.84. The van der Waals surface area contributed by atoms with Gasteiger partial charge in [-0.15, -0.1) is 11.3 Å². The van der Waals surface area contributed by atoms with Gasteiger partial charge in [0.15, 0.2) is 0 Å². The molecular formula is C5H6N4S. The van der Waals surface area contributed by atoms with Crippen LogP contribution in [0, 0.1) is 0 Å². The highest BCUT2D eigenvalue weighted by atomic mass is 32.1. The van der Waals surface area contributed by atoms with Crippen molar-refractivity contribution in [3.8, 4) is 0 Å². The van der Waals surface area contributed by atoms with Crippen LogP contribution in [-0.2, 0) is 0 Å². The number of rotatable bonds is 2. The van der Waals surface area contributed by atoms with Gasteiger partial charge in [-0.2, -0.15) is 0 Å². The van der Waals surface area contributed by atoms with Gasteiger partial charge < -0.3 is 0 Å². The van der Waals surface area contributed by atoms with E-state index in [2.05, 4.69) is 15.0 Å². The van der Waals surface area contributed by atoms with E-state index in [0.717, 1.165) is 5.01 Å². The van der Waals surface area contributed by atoms with E-state index in [0.29, 0.717) is 0 Å². The molecule has 1 heterocycles. The molecule has 0 N–H and O–H groups in total. The Balaban J connectivity index is 2.76. The molecule has 0 aliphatic heterocycles. The van der Waals surface area contributed by atoms with Gasteiger partial charge >= 0.3 is 0 Å². The highest BCUT2D eigenvalue weighted by molar-refractivity contribution is 7.09. The number of hydrogen-bond acceptors (Lipinski definition) is 3. The standard InChI is InChI=1S/C5H6N4S/c1-4(8-9-6)5-7-2-3-10-5/h2-4H,1H3/t4-/m1/s1. The molecular weight excluding hydrogens is 148 g/mol. The lowest BCUT2D eigenvalue weighted by atomic mass is 10.4. The normalized spacial score (nSPS) is 12.1. The van der Waals surface area contributed by atoms with E-state index in [4.69, 9.17) is 5.53 Å². The molecule has 1 aromatic heterocycles.